The highest BCUT2D eigenvalue weighted by Gasteiger charge is 2.44. The Balaban J connectivity index is 1.67. The minimum absolute atomic E-state index is 0.348. The number of ether oxygens (including phenoxy) is 1. The maximum atomic E-state index is 13.2. The molecule has 0 spiro atoms. The zero-order valence-electron chi connectivity index (χ0n) is 16.2. The van der Waals surface area contributed by atoms with Crippen LogP contribution in [0.1, 0.15) is 73.0 Å². The van der Waals surface area contributed by atoms with Gasteiger partial charge in [0.05, 0.1) is 6.04 Å². The molecule has 148 valence electrons. The van der Waals surface area contributed by atoms with Crippen LogP contribution >= 0.6 is 0 Å². The van der Waals surface area contributed by atoms with Crippen molar-refractivity contribution in [2.75, 3.05) is 0 Å². The molecule has 0 aromatic heterocycles. The minimum atomic E-state index is -0.914. The predicted octanol–water partition coefficient (Wildman–Crippen LogP) is 4.49. The summed E-state index contributed by atoms with van der Waals surface area (Å²) in [7, 11) is 0. The second kappa shape index (κ2) is 7.21. The van der Waals surface area contributed by atoms with Gasteiger partial charge in [0.1, 0.15) is 23.3 Å². The fourth-order valence-corrected chi connectivity index (χ4v) is 4.31. The quantitative estimate of drug-likeness (QED) is 0.821. The van der Waals surface area contributed by atoms with E-state index in [1.165, 1.54) is 55.5 Å². The standard InChI is InChI=1S/C23H26FNO3/c1-23(2)21(26)20(25-22(27)15-7-10-17(24)11-8-15)18-13-16(9-12-19(18)28-23)14-5-3-4-6-14/h7-14,20-21,26H,3-6H2,1-2H3,(H,25,27)/t20-,21+/m1/s1. The molecule has 4 rings (SSSR count). The summed E-state index contributed by atoms with van der Waals surface area (Å²) in [6, 6.07) is 10.9. The van der Waals surface area contributed by atoms with Gasteiger partial charge in [0, 0.05) is 11.1 Å². The van der Waals surface area contributed by atoms with Crippen LogP contribution < -0.4 is 10.1 Å². The lowest BCUT2D eigenvalue weighted by Crippen LogP contribution is -2.53. The highest BCUT2D eigenvalue weighted by molar-refractivity contribution is 5.94. The van der Waals surface area contributed by atoms with E-state index in [1.807, 2.05) is 19.9 Å². The number of nitrogens with one attached hydrogen (secondary N) is 1. The number of carbonyl (C=O) groups excluding carboxylic acids is 1. The van der Waals surface area contributed by atoms with Gasteiger partial charge in [0.25, 0.3) is 5.91 Å². The molecule has 0 unspecified atom stereocenters. The average Bonchev–Trinajstić information content (AvgIpc) is 3.20. The van der Waals surface area contributed by atoms with E-state index >= 15 is 0 Å². The van der Waals surface area contributed by atoms with Crippen molar-refractivity contribution >= 4 is 5.91 Å². The van der Waals surface area contributed by atoms with Gasteiger partial charge in [0.2, 0.25) is 0 Å². The molecule has 1 heterocycles. The molecular weight excluding hydrogens is 357 g/mol. The van der Waals surface area contributed by atoms with Crippen molar-refractivity contribution in [3.8, 4) is 5.75 Å². The Labute approximate surface area is 164 Å². The Morgan fingerprint density at radius 1 is 1.14 bits per heavy atom. The monoisotopic (exact) mass is 383 g/mol. The van der Waals surface area contributed by atoms with Crippen LogP contribution in [0.2, 0.25) is 0 Å². The number of fused-ring (bicyclic) bond motifs is 1. The maximum Gasteiger partial charge on any atom is 0.251 e. The smallest absolute Gasteiger partial charge is 0.251 e. The van der Waals surface area contributed by atoms with Crippen LogP contribution in [0.3, 0.4) is 0 Å². The summed E-state index contributed by atoms with van der Waals surface area (Å²) < 4.78 is 19.2. The molecule has 2 atom stereocenters. The highest BCUT2D eigenvalue weighted by Crippen LogP contribution is 2.43. The van der Waals surface area contributed by atoms with Gasteiger partial charge >= 0.3 is 0 Å². The van der Waals surface area contributed by atoms with E-state index in [-0.39, 0.29) is 5.91 Å². The second-order valence-electron chi connectivity index (χ2n) is 8.39. The number of aliphatic hydroxyl groups excluding tert-OH is 1. The van der Waals surface area contributed by atoms with E-state index < -0.39 is 23.6 Å². The third kappa shape index (κ3) is 3.51. The summed E-state index contributed by atoms with van der Waals surface area (Å²) in [4.78, 5) is 12.7. The Hall–Kier alpha value is -2.40. The molecule has 2 N–H and O–H groups in total. The van der Waals surface area contributed by atoms with Gasteiger partial charge in [0.15, 0.2) is 0 Å². The number of aliphatic hydroxyl groups is 1. The van der Waals surface area contributed by atoms with Gasteiger partial charge < -0.3 is 15.2 Å². The van der Waals surface area contributed by atoms with Crippen LogP contribution in [0.5, 0.6) is 5.75 Å². The van der Waals surface area contributed by atoms with E-state index in [4.69, 9.17) is 4.74 Å². The van der Waals surface area contributed by atoms with Crippen molar-refractivity contribution in [3.05, 3.63) is 65.0 Å². The van der Waals surface area contributed by atoms with Crippen LogP contribution in [0.25, 0.3) is 0 Å². The van der Waals surface area contributed by atoms with Gasteiger partial charge in [-0.1, -0.05) is 18.9 Å². The second-order valence-corrected chi connectivity index (χ2v) is 8.39. The fraction of sp³-hybridized carbons (Fsp3) is 0.435. The summed E-state index contributed by atoms with van der Waals surface area (Å²) in [5, 5.41) is 13.9. The van der Waals surface area contributed by atoms with Crippen molar-refractivity contribution in [1.29, 1.82) is 0 Å². The Morgan fingerprint density at radius 2 is 1.82 bits per heavy atom. The molecular formula is C23H26FNO3. The lowest BCUT2D eigenvalue weighted by Gasteiger charge is -2.42. The predicted molar refractivity (Wildman–Crippen MR) is 105 cm³/mol. The van der Waals surface area contributed by atoms with Gasteiger partial charge in [-0.3, -0.25) is 4.79 Å². The van der Waals surface area contributed by atoms with Crippen LogP contribution in [0, 0.1) is 5.82 Å². The Kier molecular flexibility index (Phi) is 4.88. The van der Waals surface area contributed by atoms with Crippen LogP contribution in [-0.4, -0.2) is 22.7 Å². The summed E-state index contributed by atoms with van der Waals surface area (Å²) >= 11 is 0. The number of benzene rings is 2. The van der Waals surface area contributed by atoms with Crippen LogP contribution in [0.15, 0.2) is 42.5 Å². The average molecular weight is 383 g/mol. The van der Waals surface area contributed by atoms with Crippen molar-refractivity contribution in [1.82, 2.24) is 5.32 Å². The number of halogens is 1. The first kappa shape index (κ1) is 18.9. The van der Waals surface area contributed by atoms with E-state index in [1.54, 1.807) is 0 Å². The van der Waals surface area contributed by atoms with Crippen molar-refractivity contribution in [3.63, 3.8) is 0 Å². The maximum absolute atomic E-state index is 13.2. The van der Waals surface area contributed by atoms with Crippen molar-refractivity contribution < 1.29 is 19.0 Å². The molecule has 2 aromatic carbocycles. The number of rotatable bonds is 3. The molecule has 5 heteroatoms. The van der Waals surface area contributed by atoms with Gasteiger partial charge in [-0.05, 0) is 74.6 Å². The Bertz CT molecular complexity index is 872. The van der Waals surface area contributed by atoms with E-state index in [0.29, 0.717) is 17.2 Å². The topological polar surface area (TPSA) is 58.6 Å². The minimum Gasteiger partial charge on any atom is -0.485 e. The first-order valence-electron chi connectivity index (χ1n) is 9.92. The van der Waals surface area contributed by atoms with Crippen LogP contribution in [-0.2, 0) is 0 Å². The van der Waals surface area contributed by atoms with Gasteiger partial charge in [-0.2, -0.15) is 0 Å². The molecule has 0 saturated heterocycles. The molecule has 2 aromatic rings. The molecule has 1 aliphatic carbocycles. The highest BCUT2D eigenvalue weighted by atomic mass is 19.1. The zero-order valence-corrected chi connectivity index (χ0v) is 16.2. The van der Waals surface area contributed by atoms with E-state index in [0.717, 1.165) is 5.56 Å². The van der Waals surface area contributed by atoms with Crippen molar-refractivity contribution in [2.45, 2.75) is 63.2 Å². The van der Waals surface area contributed by atoms with Crippen molar-refractivity contribution in [2.24, 2.45) is 0 Å². The third-order valence-electron chi connectivity index (χ3n) is 5.99. The normalized spacial score (nSPS) is 23.7. The molecule has 1 fully saturated rings. The first-order chi connectivity index (χ1) is 13.3. The third-order valence-corrected chi connectivity index (χ3v) is 5.99. The van der Waals surface area contributed by atoms with E-state index in [2.05, 4.69) is 17.4 Å². The SMILES string of the molecule is CC1(C)Oc2ccc(C3CCCC3)cc2[C@@H](NC(=O)c2ccc(F)cc2)[C@@H]1O. The molecule has 0 radical (unpaired) electrons. The summed E-state index contributed by atoms with van der Waals surface area (Å²) in [6.45, 7) is 3.62. The molecule has 4 nitrogen and oxygen atoms in total. The molecule has 1 saturated carbocycles. The molecule has 1 amide bonds. The first-order valence-corrected chi connectivity index (χ1v) is 9.92. The summed E-state index contributed by atoms with van der Waals surface area (Å²) in [6.07, 6.45) is 3.89. The number of amides is 1. The molecule has 2 aliphatic rings. The number of hydrogen-bond acceptors (Lipinski definition) is 3. The Morgan fingerprint density at radius 3 is 2.50 bits per heavy atom. The molecule has 1 aliphatic heterocycles. The lowest BCUT2D eigenvalue weighted by atomic mass is 9.84. The van der Waals surface area contributed by atoms with Gasteiger partial charge in [-0.15, -0.1) is 0 Å². The number of carbonyl (C=O) groups is 1. The number of hydrogen-bond donors (Lipinski definition) is 2. The summed E-state index contributed by atoms with van der Waals surface area (Å²) in [5.41, 5.74) is 1.54. The molecule has 0 bridgehead atoms. The largest absolute Gasteiger partial charge is 0.485 e. The van der Waals surface area contributed by atoms with Gasteiger partial charge in [-0.25, -0.2) is 4.39 Å². The van der Waals surface area contributed by atoms with Crippen LogP contribution in [0.4, 0.5) is 4.39 Å². The van der Waals surface area contributed by atoms with E-state index in [9.17, 15) is 14.3 Å². The summed E-state index contributed by atoms with van der Waals surface area (Å²) in [5.74, 6) is 0.460. The lowest BCUT2D eigenvalue weighted by molar-refractivity contribution is -0.0628. The fourth-order valence-electron chi connectivity index (χ4n) is 4.31. The zero-order chi connectivity index (χ0) is 19.9. The molecule has 28 heavy (non-hydrogen) atoms.